The van der Waals surface area contributed by atoms with Crippen LogP contribution in [-0.4, -0.2) is 56.0 Å². The maximum absolute atomic E-state index is 7.99. The predicted molar refractivity (Wildman–Crippen MR) is 64.7 cm³/mol. The zero-order valence-corrected chi connectivity index (χ0v) is 10.4. The van der Waals surface area contributed by atoms with Gasteiger partial charge in [-0.2, -0.15) is 0 Å². The van der Waals surface area contributed by atoms with Crippen LogP contribution in [0.4, 0.5) is 0 Å². The summed E-state index contributed by atoms with van der Waals surface area (Å²) in [7, 11) is 6.00. The number of nitrogens with zero attached hydrogens (tertiary/aromatic N) is 1. The molecule has 0 saturated carbocycles. The Labute approximate surface area is 94.5 Å². The Morgan fingerprint density at radius 2 is 1.43 bits per heavy atom. The number of aliphatic hydroxyl groups is 2. The first-order chi connectivity index (χ1) is 6.06. The summed E-state index contributed by atoms with van der Waals surface area (Å²) in [6, 6.07) is 0. The van der Waals surface area contributed by atoms with Gasteiger partial charge in [-0.3, -0.25) is 0 Å². The quantitative estimate of drug-likeness (QED) is 0.644. The van der Waals surface area contributed by atoms with Gasteiger partial charge in [-0.25, -0.2) is 0 Å². The molecule has 0 unspecified atom stereocenters. The van der Waals surface area contributed by atoms with Gasteiger partial charge in [0.1, 0.15) is 0 Å². The Bertz CT molecular complexity index is 60.0. The number of hydrogen-bond donors (Lipinski definition) is 3. The van der Waals surface area contributed by atoms with Crippen molar-refractivity contribution in [3.8, 4) is 0 Å². The molecule has 0 rings (SSSR count). The summed E-state index contributed by atoms with van der Waals surface area (Å²) < 4.78 is 0. The van der Waals surface area contributed by atoms with Crippen LogP contribution in [0, 0.1) is 6.92 Å². The highest BCUT2D eigenvalue weighted by atomic mass is 35.5. The highest BCUT2D eigenvalue weighted by Gasteiger charge is 1.69. The van der Waals surface area contributed by atoms with Crippen LogP contribution < -0.4 is 5.73 Å². The first-order valence-electron chi connectivity index (χ1n) is 4.38. The van der Waals surface area contributed by atoms with E-state index in [1.807, 2.05) is 26.0 Å². The zero-order chi connectivity index (χ0) is 11.1. The third kappa shape index (κ3) is 153. The lowest BCUT2D eigenvalue weighted by atomic mass is 10.5. The van der Waals surface area contributed by atoms with E-state index in [-0.39, 0.29) is 25.6 Å². The van der Waals surface area contributed by atoms with Crippen molar-refractivity contribution in [2.75, 3.05) is 40.9 Å². The zero-order valence-electron chi connectivity index (χ0n) is 9.57. The van der Waals surface area contributed by atoms with Crippen LogP contribution in [0.25, 0.3) is 0 Å². The molecule has 0 spiro atoms. The van der Waals surface area contributed by atoms with Crippen LogP contribution in [-0.2, 0) is 0 Å². The molecule has 0 aliphatic carbocycles. The summed E-state index contributed by atoms with van der Waals surface area (Å²) in [6.45, 7) is 4.37. The van der Waals surface area contributed by atoms with Crippen LogP contribution >= 0.6 is 12.4 Å². The number of nitrogens with two attached hydrogens (primary N) is 1. The molecule has 0 bridgehead atoms. The average molecular weight is 230 g/mol. The predicted octanol–water partition coefficient (Wildman–Crippen LogP) is 0.130. The van der Waals surface area contributed by atoms with Gasteiger partial charge in [0.15, 0.2) is 0 Å². The third-order valence-corrected chi connectivity index (χ3v) is 0.520. The maximum Gasteiger partial charge on any atom is 0.0443 e. The molecule has 14 heavy (non-hydrogen) atoms. The fourth-order valence-electron chi connectivity index (χ4n) is 0.0913. The first-order valence-corrected chi connectivity index (χ1v) is 4.38. The van der Waals surface area contributed by atoms with Crippen molar-refractivity contribution < 1.29 is 10.2 Å². The summed E-state index contributed by atoms with van der Waals surface area (Å²) in [5, 5.41) is 15.8. The highest BCUT2D eigenvalue weighted by Crippen LogP contribution is 1.62. The lowest BCUT2D eigenvalue weighted by Gasteiger charge is -1.90. The van der Waals surface area contributed by atoms with Crippen molar-refractivity contribution >= 4 is 12.4 Å². The van der Waals surface area contributed by atoms with Crippen molar-refractivity contribution in [3.63, 3.8) is 0 Å². The van der Waals surface area contributed by atoms with Crippen LogP contribution in [0.2, 0.25) is 0 Å². The number of hydrogen-bond acceptors (Lipinski definition) is 4. The van der Waals surface area contributed by atoms with Crippen molar-refractivity contribution in [2.45, 2.75) is 12.8 Å². The molecule has 0 fully saturated rings. The number of halogens is 1. The second kappa shape index (κ2) is 29.2. The Morgan fingerprint density at radius 3 is 1.43 bits per heavy atom. The largest absolute Gasteiger partial charge is 0.396 e. The van der Waals surface area contributed by atoms with Gasteiger partial charge in [0.25, 0.3) is 0 Å². The number of aliphatic hydroxyl groups excluding tert-OH is 2. The first kappa shape index (κ1) is 23.7. The smallest absolute Gasteiger partial charge is 0.0443 e. The van der Waals surface area contributed by atoms with E-state index >= 15 is 0 Å². The van der Waals surface area contributed by atoms with Crippen LogP contribution in [0.1, 0.15) is 12.8 Å². The monoisotopic (exact) mass is 229 g/mol. The molecule has 4 N–H and O–H groups in total. The molecule has 0 atom stereocenters. The fraction of sp³-hybridized carbons (Fsp3) is 0.889. The minimum Gasteiger partial charge on any atom is -0.396 e. The van der Waals surface area contributed by atoms with Crippen LogP contribution in [0.5, 0.6) is 0 Å². The average Bonchev–Trinajstić information content (AvgIpc) is 2.05. The van der Waals surface area contributed by atoms with Gasteiger partial charge in [0.2, 0.25) is 0 Å². The van der Waals surface area contributed by atoms with E-state index in [1.165, 1.54) is 0 Å². The van der Waals surface area contributed by atoms with Gasteiger partial charge < -0.3 is 20.8 Å². The SMILES string of the molecule is CN(C)C.Cl.NCCCO.[CH2]CCO. The van der Waals surface area contributed by atoms with Gasteiger partial charge in [-0.1, -0.05) is 6.92 Å². The fourth-order valence-corrected chi connectivity index (χ4v) is 0.0913. The normalized spacial score (nSPS) is 7.71. The van der Waals surface area contributed by atoms with E-state index in [2.05, 4.69) is 6.92 Å². The van der Waals surface area contributed by atoms with E-state index in [1.54, 1.807) is 0 Å². The van der Waals surface area contributed by atoms with Crippen molar-refractivity contribution in [1.29, 1.82) is 0 Å². The molecule has 0 aliphatic heterocycles. The second-order valence-electron chi connectivity index (χ2n) is 2.78. The summed E-state index contributed by atoms with van der Waals surface area (Å²) >= 11 is 0. The lowest BCUT2D eigenvalue weighted by molar-refractivity contribution is 0.291. The molecule has 0 aromatic heterocycles. The van der Waals surface area contributed by atoms with Crippen molar-refractivity contribution in [2.24, 2.45) is 5.73 Å². The molecular weight excluding hydrogens is 204 g/mol. The van der Waals surface area contributed by atoms with E-state index in [0.29, 0.717) is 13.0 Å². The van der Waals surface area contributed by atoms with E-state index in [9.17, 15) is 0 Å². The molecule has 0 aromatic carbocycles. The Kier molecular flexibility index (Phi) is 49.6. The van der Waals surface area contributed by atoms with Gasteiger partial charge >= 0.3 is 0 Å². The lowest BCUT2D eigenvalue weighted by Crippen LogP contribution is -1.99. The van der Waals surface area contributed by atoms with Crippen molar-refractivity contribution in [3.05, 3.63) is 6.92 Å². The molecule has 0 saturated heterocycles. The van der Waals surface area contributed by atoms with E-state index in [4.69, 9.17) is 15.9 Å². The minimum absolute atomic E-state index is 0. The number of rotatable bonds is 3. The van der Waals surface area contributed by atoms with Crippen molar-refractivity contribution in [1.82, 2.24) is 4.90 Å². The molecule has 0 amide bonds. The van der Waals surface area contributed by atoms with Crippen LogP contribution in [0.15, 0.2) is 0 Å². The summed E-state index contributed by atoms with van der Waals surface area (Å²) in [5.41, 5.74) is 4.98. The molecule has 0 heterocycles. The maximum atomic E-state index is 7.99. The topological polar surface area (TPSA) is 69.7 Å². The van der Waals surface area contributed by atoms with Gasteiger partial charge in [-0.05, 0) is 40.5 Å². The van der Waals surface area contributed by atoms with Gasteiger partial charge in [0, 0.05) is 13.2 Å². The Balaban J connectivity index is -0.0000000522. The third-order valence-electron chi connectivity index (χ3n) is 0.520. The Hall–Kier alpha value is 0.130. The van der Waals surface area contributed by atoms with Gasteiger partial charge in [-0.15, -0.1) is 12.4 Å². The minimum atomic E-state index is 0. The van der Waals surface area contributed by atoms with Gasteiger partial charge in [0.05, 0.1) is 0 Å². The summed E-state index contributed by atoms with van der Waals surface area (Å²) in [4.78, 5) is 2.00. The second-order valence-corrected chi connectivity index (χ2v) is 2.78. The van der Waals surface area contributed by atoms with Crippen LogP contribution in [0.3, 0.4) is 0 Å². The van der Waals surface area contributed by atoms with E-state index in [0.717, 1.165) is 6.42 Å². The molecule has 91 valence electrons. The molecule has 5 heteroatoms. The molecule has 0 aliphatic rings. The summed E-state index contributed by atoms with van der Waals surface area (Å²) in [5.74, 6) is 0. The highest BCUT2D eigenvalue weighted by molar-refractivity contribution is 5.85. The van der Waals surface area contributed by atoms with E-state index < -0.39 is 0 Å². The molecule has 0 aromatic rings. The molecular formula is C9H26ClN2O2. The standard InChI is InChI=1S/C3H9NO.C3H9N.C3H7O.ClH/c4-2-1-3-5;1-4(2)3;1-2-3-4;/h5H,1-4H2;1-3H3;4H,1-3H2;1H. The molecule has 1 radical (unpaired) electrons. The molecule has 4 nitrogen and oxygen atoms in total. The summed E-state index contributed by atoms with van der Waals surface area (Å²) in [6.07, 6.45) is 1.35. The Morgan fingerprint density at radius 1 is 1.14 bits per heavy atom.